The maximum Gasteiger partial charge on any atom is 0.325 e. The number of rotatable bonds is 2. The Morgan fingerprint density at radius 3 is 2.63 bits per heavy atom. The van der Waals surface area contributed by atoms with Crippen LogP contribution in [0, 0.1) is 9.12 Å². The normalized spacial score (nSPS) is 18.3. The van der Waals surface area contributed by atoms with Gasteiger partial charge < -0.3 is 9.88 Å². The molecular formula is C16H15F2IN6O2. The fourth-order valence-electron chi connectivity index (χ4n) is 3.17. The molecule has 0 aromatic carbocycles. The highest BCUT2D eigenvalue weighted by molar-refractivity contribution is 14.1. The number of hydrogen-bond donors (Lipinski definition) is 2. The van der Waals surface area contributed by atoms with Gasteiger partial charge in [0.15, 0.2) is 5.82 Å². The van der Waals surface area contributed by atoms with E-state index in [0.717, 1.165) is 0 Å². The first-order valence-corrected chi connectivity index (χ1v) is 9.16. The zero-order valence-corrected chi connectivity index (χ0v) is 16.5. The fourth-order valence-corrected chi connectivity index (χ4v) is 3.67. The number of nitrogens with zero attached hydrogens (tertiary/aromatic N) is 4. The van der Waals surface area contributed by atoms with Crippen LogP contribution in [-0.2, 0) is 0 Å². The van der Waals surface area contributed by atoms with Gasteiger partial charge in [-0.25, -0.2) is 23.1 Å². The third-order valence-corrected chi connectivity index (χ3v) is 5.53. The molecule has 1 aliphatic heterocycles. The van der Waals surface area contributed by atoms with Crippen molar-refractivity contribution in [2.75, 3.05) is 18.0 Å². The lowest BCUT2D eigenvalue weighted by Crippen LogP contribution is -2.34. The number of aromatic nitrogens is 5. The first-order chi connectivity index (χ1) is 12.6. The van der Waals surface area contributed by atoms with Gasteiger partial charge in [-0.2, -0.15) is 5.10 Å². The second-order valence-electron chi connectivity index (χ2n) is 7.16. The van der Waals surface area contributed by atoms with Gasteiger partial charge in [0.2, 0.25) is 0 Å². The highest BCUT2D eigenvalue weighted by Crippen LogP contribution is 2.45. The molecule has 0 unspecified atom stereocenters. The number of halogens is 3. The van der Waals surface area contributed by atoms with E-state index in [1.165, 1.54) is 24.9 Å². The largest absolute Gasteiger partial charge is 0.348 e. The van der Waals surface area contributed by atoms with Crippen molar-refractivity contribution >= 4 is 33.9 Å². The van der Waals surface area contributed by atoms with E-state index >= 15 is 0 Å². The Balaban J connectivity index is 1.87. The lowest BCUT2D eigenvalue weighted by Gasteiger charge is -2.24. The summed E-state index contributed by atoms with van der Waals surface area (Å²) in [5.41, 5.74) is -1.40. The van der Waals surface area contributed by atoms with Crippen LogP contribution in [0.15, 0.2) is 28.0 Å². The van der Waals surface area contributed by atoms with Gasteiger partial charge in [0.25, 0.3) is 11.5 Å². The minimum absolute atomic E-state index is 0.142. The zero-order valence-electron chi connectivity index (χ0n) is 14.4. The molecule has 1 aliphatic rings. The lowest BCUT2D eigenvalue weighted by molar-refractivity contribution is -0.0642. The Morgan fingerprint density at radius 2 is 2.00 bits per heavy atom. The summed E-state index contributed by atoms with van der Waals surface area (Å²) in [6, 6.07) is 1.61. The molecule has 11 heteroatoms. The van der Waals surface area contributed by atoms with Crippen molar-refractivity contribution < 1.29 is 8.78 Å². The Hall–Kier alpha value is -2.31. The SMILES string of the molecule is CC1(C)CN(c2ncc(I)n3nc(-c4c[nH]c(=O)[nH]c4=O)cc23)CC1(F)F. The first-order valence-electron chi connectivity index (χ1n) is 8.08. The summed E-state index contributed by atoms with van der Waals surface area (Å²) >= 11 is 2.03. The van der Waals surface area contributed by atoms with Crippen molar-refractivity contribution in [1.29, 1.82) is 0 Å². The number of anilines is 1. The first kappa shape index (κ1) is 18.1. The van der Waals surface area contributed by atoms with E-state index in [2.05, 4.69) is 20.1 Å². The molecule has 3 aromatic rings. The third kappa shape index (κ3) is 2.84. The van der Waals surface area contributed by atoms with Crippen LogP contribution in [0.25, 0.3) is 16.8 Å². The topological polar surface area (TPSA) is 99.2 Å². The van der Waals surface area contributed by atoms with E-state index in [4.69, 9.17) is 0 Å². The second-order valence-corrected chi connectivity index (χ2v) is 8.27. The monoisotopic (exact) mass is 488 g/mol. The van der Waals surface area contributed by atoms with Crippen LogP contribution in [0.5, 0.6) is 0 Å². The van der Waals surface area contributed by atoms with E-state index in [0.29, 0.717) is 20.7 Å². The number of nitrogens with one attached hydrogen (secondary N) is 2. The predicted octanol–water partition coefficient (Wildman–Crippen LogP) is 1.86. The molecule has 0 bridgehead atoms. The predicted molar refractivity (Wildman–Crippen MR) is 103 cm³/mol. The molecular weight excluding hydrogens is 473 g/mol. The second kappa shape index (κ2) is 5.84. The molecule has 0 amide bonds. The van der Waals surface area contributed by atoms with Crippen molar-refractivity contribution in [1.82, 2.24) is 24.6 Å². The van der Waals surface area contributed by atoms with Gasteiger partial charge in [-0.05, 0) is 28.7 Å². The van der Waals surface area contributed by atoms with Crippen molar-refractivity contribution in [3.05, 3.63) is 43.0 Å². The smallest absolute Gasteiger partial charge is 0.325 e. The third-order valence-electron chi connectivity index (χ3n) is 4.79. The quantitative estimate of drug-likeness (QED) is 0.537. The summed E-state index contributed by atoms with van der Waals surface area (Å²) in [5, 5.41) is 4.39. The number of aromatic amines is 2. The minimum atomic E-state index is -2.85. The van der Waals surface area contributed by atoms with E-state index < -0.39 is 29.1 Å². The molecule has 8 nitrogen and oxygen atoms in total. The summed E-state index contributed by atoms with van der Waals surface area (Å²) < 4.78 is 30.9. The van der Waals surface area contributed by atoms with Gasteiger partial charge in [0.05, 0.1) is 18.3 Å². The zero-order chi connectivity index (χ0) is 19.6. The number of alkyl halides is 2. The fraction of sp³-hybridized carbons (Fsp3) is 0.375. The highest BCUT2D eigenvalue weighted by atomic mass is 127. The number of hydrogen-bond acceptors (Lipinski definition) is 5. The summed E-state index contributed by atoms with van der Waals surface area (Å²) in [7, 11) is 0. The Labute approximate surface area is 164 Å². The van der Waals surface area contributed by atoms with Gasteiger partial charge in [-0.1, -0.05) is 13.8 Å². The molecule has 4 rings (SSSR count). The van der Waals surface area contributed by atoms with Crippen LogP contribution in [-0.4, -0.2) is 43.6 Å². The van der Waals surface area contributed by atoms with Crippen LogP contribution in [0.2, 0.25) is 0 Å². The van der Waals surface area contributed by atoms with Crippen LogP contribution in [0.3, 0.4) is 0 Å². The highest BCUT2D eigenvalue weighted by Gasteiger charge is 2.54. The molecule has 1 saturated heterocycles. The van der Waals surface area contributed by atoms with Gasteiger partial charge in [0.1, 0.15) is 14.9 Å². The Morgan fingerprint density at radius 1 is 1.26 bits per heavy atom. The molecule has 4 heterocycles. The van der Waals surface area contributed by atoms with Gasteiger partial charge in [-0.3, -0.25) is 9.78 Å². The summed E-state index contributed by atoms with van der Waals surface area (Å²) in [5.74, 6) is -2.48. The van der Waals surface area contributed by atoms with Crippen molar-refractivity contribution in [3.8, 4) is 11.3 Å². The summed E-state index contributed by atoms with van der Waals surface area (Å²) in [6.45, 7) is 2.75. The van der Waals surface area contributed by atoms with Gasteiger partial charge in [-0.15, -0.1) is 0 Å². The van der Waals surface area contributed by atoms with Crippen LogP contribution >= 0.6 is 22.6 Å². The van der Waals surface area contributed by atoms with Crippen LogP contribution in [0.4, 0.5) is 14.6 Å². The summed E-state index contributed by atoms with van der Waals surface area (Å²) in [4.78, 5) is 33.7. The average molecular weight is 488 g/mol. The lowest BCUT2D eigenvalue weighted by atomic mass is 9.89. The van der Waals surface area contributed by atoms with Crippen molar-refractivity contribution in [3.63, 3.8) is 0 Å². The molecule has 27 heavy (non-hydrogen) atoms. The van der Waals surface area contributed by atoms with E-state index in [9.17, 15) is 18.4 Å². The summed E-state index contributed by atoms with van der Waals surface area (Å²) in [6.07, 6.45) is 2.82. The van der Waals surface area contributed by atoms with Gasteiger partial charge >= 0.3 is 5.69 Å². The number of fused-ring (bicyclic) bond motifs is 1. The van der Waals surface area contributed by atoms with Crippen molar-refractivity contribution in [2.24, 2.45) is 5.41 Å². The Bertz CT molecular complexity index is 1150. The molecule has 2 N–H and O–H groups in total. The maximum absolute atomic E-state index is 14.3. The van der Waals surface area contributed by atoms with E-state index in [1.807, 2.05) is 22.6 Å². The maximum atomic E-state index is 14.3. The Kier molecular flexibility index (Phi) is 3.91. The molecule has 0 atom stereocenters. The minimum Gasteiger partial charge on any atom is -0.348 e. The van der Waals surface area contributed by atoms with Crippen LogP contribution < -0.4 is 16.1 Å². The molecule has 0 spiro atoms. The molecule has 3 aromatic heterocycles. The molecule has 0 aliphatic carbocycles. The molecule has 142 valence electrons. The molecule has 0 radical (unpaired) electrons. The number of H-pyrrole nitrogens is 2. The van der Waals surface area contributed by atoms with Crippen molar-refractivity contribution in [2.45, 2.75) is 19.8 Å². The van der Waals surface area contributed by atoms with Crippen LogP contribution in [0.1, 0.15) is 13.8 Å². The van der Waals surface area contributed by atoms with E-state index in [-0.39, 0.29) is 12.1 Å². The van der Waals surface area contributed by atoms with Gasteiger partial charge in [0, 0.05) is 18.2 Å². The molecule has 0 saturated carbocycles. The standard InChI is InChI=1S/C16H15F2IN6O2/c1-15(2)6-24(7-16(15,17)18)12-10-3-9(23-25(10)11(19)5-20-12)8-4-21-14(27)22-13(8)26/h3-5H,6-7H2,1-2H3,(H2,21,22,26,27). The average Bonchev–Trinajstić information content (AvgIpc) is 3.07. The van der Waals surface area contributed by atoms with E-state index in [1.54, 1.807) is 16.8 Å². The molecule has 1 fully saturated rings.